The third kappa shape index (κ3) is 4.46. The first-order valence-corrected chi connectivity index (χ1v) is 11.1. The van der Waals surface area contributed by atoms with Crippen molar-refractivity contribution in [3.05, 3.63) is 47.0 Å². The maximum Gasteiger partial charge on any atom is 0.251 e. The van der Waals surface area contributed by atoms with Crippen LogP contribution in [-0.4, -0.2) is 32.9 Å². The van der Waals surface area contributed by atoms with Gasteiger partial charge in [0.2, 0.25) is 5.95 Å². The van der Waals surface area contributed by atoms with Crippen LogP contribution in [0.5, 0.6) is 0 Å². The summed E-state index contributed by atoms with van der Waals surface area (Å²) in [5, 5.41) is 6.91. The molecule has 2 N–H and O–H groups in total. The van der Waals surface area contributed by atoms with Crippen LogP contribution in [0.2, 0.25) is 0 Å². The molecule has 1 aromatic carbocycles. The molecule has 7 heteroatoms. The summed E-state index contributed by atoms with van der Waals surface area (Å²) in [7, 11) is 1.93. The van der Waals surface area contributed by atoms with Crippen LogP contribution in [0.25, 0.3) is 11.0 Å². The molecular weight excluding hydrogens is 407 g/mol. The number of anilines is 1. The van der Waals surface area contributed by atoms with Gasteiger partial charge < -0.3 is 15.2 Å². The zero-order chi connectivity index (χ0) is 20.4. The van der Waals surface area contributed by atoms with Crippen molar-refractivity contribution in [2.45, 2.75) is 56.0 Å². The smallest absolute Gasteiger partial charge is 0.251 e. The summed E-state index contributed by atoms with van der Waals surface area (Å²) in [6.45, 7) is 0. The lowest BCUT2D eigenvalue weighted by atomic mass is 10.1. The minimum Gasteiger partial charge on any atom is -0.349 e. The van der Waals surface area contributed by atoms with E-state index in [1.54, 1.807) is 0 Å². The van der Waals surface area contributed by atoms with Crippen LogP contribution in [0.3, 0.4) is 0 Å². The zero-order valence-electron chi connectivity index (χ0n) is 16.5. The quantitative estimate of drug-likeness (QED) is 0.521. The van der Waals surface area contributed by atoms with Crippen molar-refractivity contribution >= 4 is 46.1 Å². The number of benzene rings is 1. The molecule has 5 nitrogen and oxygen atoms in total. The zero-order valence-corrected chi connectivity index (χ0v) is 18.0. The van der Waals surface area contributed by atoms with Crippen LogP contribution >= 0.6 is 23.2 Å². The highest BCUT2D eigenvalue weighted by atomic mass is 35.5. The number of carbonyl (C=O) groups is 1. The maximum atomic E-state index is 12.8. The molecule has 2 atom stereocenters. The highest BCUT2D eigenvalue weighted by Gasteiger charge is 2.24. The minimum absolute atomic E-state index is 0.0248. The molecule has 1 heterocycles. The number of imidazole rings is 1. The Bertz CT molecular complexity index is 957. The molecule has 0 saturated heterocycles. The van der Waals surface area contributed by atoms with E-state index < -0.39 is 0 Å². The van der Waals surface area contributed by atoms with Crippen molar-refractivity contribution in [1.29, 1.82) is 0 Å². The van der Waals surface area contributed by atoms with Crippen molar-refractivity contribution < 1.29 is 4.79 Å². The van der Waals surface area contributed by atoms with Gasteiger partial charge in [0.25, 0.3) is 5.91 Å². The first kappa shape index (κ1) is 20.3. The Morgan fingerprint density at radius 2 is 1.97 bits per heavy atom. The Morgan fingerprint density at radius 1 is 1.21 bits per heavy atom. The molecule has 1 aromatic heterocycles. The fraction of sp³-hybridized carbons (Fsp3) is 0.455. The summed E-state index contributed by atoms with van der Waals surface area (Å²) in [6.07, 6.45) is 12.6. The predicted molar refractivity (Wildman–Crippen MR) is 120 cm³/mol. The van der Waals surface area contributed by atoms with E-state index in [2.05, 4.69) is 15.6 Å². The lowest BCUT2D eigenvalue weighted by Gasteiger charge is -2.23. The molecule has 0 spiro atoms. The minimum atomic E-state index is -0.256. The number of nitrogens with one attached hydrogen (secondary N) is 2. The highest BCUT2D eigenvalue weighted by molar-refractivity contribution is 6.32. The van der Waals surface area contributed by atoms with Gasteiger partial charge >= 0.3 is 0 Å². The molecule has 1 fully saturated rings. The van der Waals surface area contributed by atoms with Gasteiger partial charge in [-0.05, 0) is 37.1 Å². The van der Waals surface area contributed by atoms with Crippen LogP contribution in [0.1, 0.15) is 48.9 Å². The fourth-order valence-corrected chi connectivity index (χ4v) is 4.68. The summed E-state index contributed by atoms with van der Waals surface area (Å²) in [4.78, 5) is 17.4. The second kappa shape index (κ2) is 8.80. The Morgan fingerprint density at radius 3 is 2.69 bits per heavy atom. The molecule has 0 aliphatic heterocycles. The first-order chi connectivity index (χ1) is 14.0. The molecular formula is C22H26Cl2N4O. The van der Waals surface area contributed by atoms with Crippen molar-refractivity contribution in [3.63, 3.8) is 0 Å². The molecule has 1 saturated carbocycles. The van der Waals surface area contributed by atoms with E-state index >= 15 is 0 Å². The van der Waals surface area contributed by atoms with E-state index in [1.165, 1.54) is 25.7 Å². The number of aryl methyl sites for hydroxylation is 1. The number of rotatable bonds is 4. The van der Waals surface area contributed by atoms with Gasteiger partial charge in [0, 0.05) is 23.7 Å². The van der Waals surface area contributed by atoms with Crippen LogP contribution in [0, 0.1) is 0 Å². The number of allylic oxidation sites excluding steroid dienone is 2. The Balaban J connectivity index is 1.53. The fourth-order valence-electron chi connectivity index (χ4n) is 4.07. The number of fused-ring (bicyclic) bond motifs is 1. The van der Waals surface area contributed by atoms with Gasteiger partial charge in [-0.1, -0.05) is 49.4 Å². The van der Waals surface area contributed by atoms with E-state index in [9.17, 15) is 4.79 Å². The summed E-state index contributed by atoms with van der Waals surface area (Å²) >= 11 is 12.7. The second-order valence-electron chi connectivity index (χ2n) is 7.86. The Labute approximate surface area is 181 Å². The van der Waals surface area contributed by atoms with Crippen molar-refractivity contribution in [3.8, 4) is 0 Å². The molecule has 154 valence electrons. The van der Waals surface area contributed by atoms with Gasteiger partial charge in [0.15, 0.2) is 0 Å². The molecule has 0 radical (unpaired) electrons. The average Bonchev–Trinajstić information content (AvgIpc) is 2.86. The van der Waals surface area contributed by atoms with Crippen LogP contribution < -0.4 is 10.6 Å². The van der Waals surface area contributed by atoms with Crippen molar-refractivity contribution in [2.24, 2.45) is 7.05 Å². The molecule has 2 aliphatic rings. The molecule has 2 aromatic rings. The number of aromatic nitrogens is 2. The van der Waals surface area contributed by atoms with Crippen LogP contribution in [0.15, 0.2) is 41.5 Å². The normalized spacial score (nSPS) is 22.9. The van der Waals surface area contributed by atoms with E-state index in [4.69, 9.17) is 23.2 Å². The highest BCUT2D eigenvalue weighted by Crippen LogP contribution is 2.27. The Hall–Kier alpha value is -1.98. The van der Waals surface area contributed by atoms with E-state index in [0.717, 1.165) is 23.9 Å². The maximum absolute atomic E-state index is 12.8. The van der Waals surface area contributed by atoms with Gasteiger partial charge in [-0.2, -0.15) is 0 Å². The van der Waals surface area contributed by atoms with E-state index in [1.807, 2.05) is 48.0 Å². The molecule has 2 unspecified atom stereocenters. The monoisotopic (exact) mass is 432 g/mol. The second-order valence-corrected chi connectivity index (χ2v) is 8.80. The largest absolute Gasteiger partial charge is 0.349 e. The molecule has 1 amide bonds. The van der Waals surface area contributed by atoms with Gasteiger partial charge in [0.1, 0.15) is 0 Å². The SMILES string of the molecule is Cn1c(NC2C(Cl)=CC=CC2Cl)nc2cc(C(=O)NC3CCCCCC3)ccc21. The lowest BCUT2D eigenvalue weighted by Crippen LogP contribution is -2.34. The van der Waals surface area contributed by atoms with E-state index in [0.29, 0.717) is 16.5 Å². The molecule has 0 bridgehead atoms. The Kier molecular flexibility index (Phi) is 6.16. The molecule has 2 aliphatic carbocycles. The average molecular weight is 433 g/mol. The first-order valence-electron chi connectivity index (χ1n) is 10.2. The van der Waals surface area contributed by atoms with E-state index in [-0.39, 0.29) is 23.4 Å². The van der Waals surface area contributed by atoms with Gasteiger partial charge in [-0.25, -0.2) is 4.98 Å². The summed E-state index contributed by atoms with van der Waals surface area (Å²) in [6, 6.07) is 5.68. The van der Waals surface area contributed by atoms with Gasteiger partial charge in [0.05, 0.1) is 22.5 Å². The summed E-state index contributed by atoms with van der Waals surface area (Å²) in [5.41, 5.74) is 2.34. The number of hydrogen-bond acceptors (Lipinski definition) is 3. The number of hydrogen-bond donors (Lipinski definition) is 2. The lowest BCUT2D eigenvalue weighted by molar-refractivity contribution is 0.0933. The standard InChI is InChI=1S/C22H26Cl2N4O/c1-28-19-12-11-14(21(29)25-15-7-4-2-3-5-8-15)13-18(19)26-22(28)27-20-16(23)9-6-10-17(20)24/h6,9-13,15-16,20H,2-5,7-8H2,1H3,(H,25,29)(H,26,27). The third-order valence-electron chi connectivity index (χ3n) is 5.78. The molecule has 4 rings (SSSR count). The number of alkyl halides is 1. The summed E-state index contributed by atoms with van der Waals surface area (Å²) < 4.78 is 1.95. The summed E-state index contributed by atoms with van der Waals surface area (Å²) in [5.74, 6) is 0.641. The number of carbonyl (C=O) groups excluding carboxylic acids is 1. The topological polar surface area (TPSA) is 59.0 Å². The number of halogens is 2. The van der Waals surface area contributed by atoms with Gasteiger partial charge in [-0.15, -0.1) is 11.6 Å². The van der Waals surface area contributed by atoms with Crippen LogP contribution in [0.4, 0.5) is 5.95 Å². The van der Waals surface area contributed by atoms with Crippen molar-refractivity contribution in [1.82, 2.24) is 14.9 Å². The predicted octanol–water partition coefficient (Wildman–Crippen LogP) is 5.11. The number of nitrogens with zero attached hydrogens (tertiary/aromatic N) is 2. The molecule has 29 heavy (non-hydrogen) atoms. The van der Waals surface area contributed by atoms with Crippen molar-refractivity contribution in [2.75, 3.05) is 5.32 Å². The van der Waals surface area contributed by atoms with Gasteiger partial charge in [-0.3, -0.25) is 4.79 Å². The third-order valence-corrected chi connectivity index (χ3v) is 6.54. The van der Waals surface area contributed by atoms with Crippen LogP contribution in [-0.2, 0) is 7.05 Å². The number of amides is 1.